The largest absolute Gasteiger partial charge is 0.493 e. The van der Waals surface area contributed by atoms with Crippen LogP contribution in [0.1, 0.15) is 30.0 Å². The van der Waals surface area contributed by atoms with Gasteiger partial charge < -0.3 is 14.4 Å². The van der Waals surface area contributed by atoms with Gasteiger partial charge in [-0.05, 0) is 47.9 Å². The number of esters is 1. The molecule has 1 aliphatic rings. The molecule has 1 aliphatic heterocycles. The van der Waals surface area contributed by atoms with Crippen molar-refractivity contribution in [1.29, 1.82) is 0 Å². The number of hydrogen-bond acceptors (Lipinski definition) is 5. The summed E-state index contributed by atoms with van der Waals surface area (Å²) in [4.78, 5) is 30.2. The van der Waals surface area contributed by atoms with Gasteiger partial charge >= 0.3 is 5.97 Å². The summed E-state index contributed by atoms with van der Waals surface area (Å²) in [5, 5.41) is 0. The zero-order valence-corrected chi connectivity index (χ0v) is 16.0. The predicted octanol–water partition coefficient (Wildman–Crippen LogP) is 3.01. The number of benzene rings is 1. The molecule has 6 heteroatoms. The number of carbonyl (C=O) groups excluding carboxylic acids is 2. The minimum atomic E-state index is -0.311. The maximum absolute atomic E-state index is 12.8. The number of rotatable bonds is 8. The fourth-order valence-electron chi connectivity index (χ4n) is 3.02. The second kappa shape index (κ2) is 9.69. The lowest BCUT2D eigenvalue weighted by Gasteiger charge is -2.21. The summed E-state index contributed by atoms with van der Waals surface area (Å²) in [6, 6.07) is 9.63. The topological polar surface area (TPSA) is 68.7 Å². The van der Waals surface area contributed by atoms with Crippen molar-refractivity contribution in [2.75, 3.05) is 19.8 Å². The zero-order valence-electron chi connectivity index (χ0n) is 16.0. The monoisotopic (exact) mass is 380 g/mol. The molecule has 1 aromatic carbocycles. The number of ether oxygens (including phenoxy) is 2. The van der Waals surface area contributed by atoms with E-state index in [-0.39, 0.29) is 24.8 Å². The van der Waals surface area contributed by atoms with Crippen molar-refractivity contribution < 1.29 is 19.1 Å². The molecule has 0 unspecified atom stereocenters. The van der Waals surface area contributed by atoms with Crippen LogP contribution in [0.4, 0.5) is 0 Å². The van der Waals surface area contributed by atoms with Gasteiger partial charge in [0, 0.05) is 38.0 Å². The molecule has 0 fully saturated rings. The minimum absolute atomic E-state index is 0.157. The summed E-state index contributed by atoms with van der Waals surface area (Å²) in [6.07, 6.45) is 7.78. The maximum Gasteiger partial charge on any atom is 0.307 e. The molecule has 1 aromatic heterocycles. The van der Waals surface area contributed by atoms with Crippen molar-refractivity contribution in [3.8, 4) is 5.75 Å². The lowest BCUT2D eigenvalue weighted by molar-refractivity contribution is -0.143. The number of aromatic nitrogens is 1. The van der Waals surface area contributed by atoms with Gasteiger partial charge in [0.05, 0.1) is 19.6 Å². The second-order valence-electron chi connectivity index (χ2n) is 6.48. The van der Waals surface area contributed by atoms with Crippen molar-refractivity contribution in [2.45, 2.75) is 26.3 Å². The first-order valence-corrected chi connectivity index (χ1v) is 9.43. The van der Waals surface area contributed by atoms with Crippen LogP contribution in [-0.4, -0.2) is 41.5 Å². The molecule has 0 N–H and O–H groups in total. The molecule has 0 saturated heterocycles. The normalized spacial score (nSPS) is 12.5. The van der Waals surface area contributed by atoms with Gasteiger partial charge in [0.1, 0.15) is 5.75 Å². The quantitative estimate of drug-likeness (QED) is 0.520. The molecule has 0 radical (unpaired) electrons. The minimum Gasteiger partial charge on any atom is -0.493 e. The number of nitrogens with zero attached hydrogens (tertiary/aromatic N) is 2. The van der Waals surface area contributed by atoms with Crippen LogP contribution < -0.4 is 4.74 Å². The molecular formula is C22H24N2O4. The molecule has 1 amide bonds. The first-order chi connectivity index (χ1) is 13.7. The van der Waals surface area contributed by atoms with E-state index in [2.05, 4.69) is 4.98 Å². The Morgan fingerprint density at radius 2 is 2.21 bits per heavy atom. The van der Waals surface area contributed by atoms with Crippen molar-refractivity contribution in [3.63, 3.8) is 0 Å². The number of carbonyl (C=O) groups is 2. The van der Waals surface area contributed by atoms with Crippen LogP contribution in [0.3, 0.4) is 0 Å². The highest BCUT2D eigenvalue weighted by Crippen LogP contribution is 2.26. The summed E-state index contributed by atoms with van der Waals surface area (Å²) in [5.74, 6) is 0.440. The summed E-state index contributed by atoms with van der Waals surface area (Å²) >= 11 is 0. The van der Waals surface area contributed by atoms with E-state index in [4.69, 9.17) is 9.47 Å². The van der Waals surface area contributed by atoms with Crippen LogP contribution in [0.2, 0.25) is 0 Å². The van der Waals surface area contributed by atoms with Crippen molar-refractivity contribution in [2.24, 2.45) is 0 Å². The Morgan fingerprint density at radius 3 is 3.00 bits per heavy atom. The Labute approximate surface area is 164 Å². The highest BCUT2D eigenvalue weighted by molar-refractivity contribution is 5.92. The van der Waals surface area contributed by atoms with Crippen LogP contribution in [0.5, 0.6) is 5.75 Å². The Kier molecular flexibility index (Phi) is 6.78. The van der Waals surface area contributed by atoms with Gasteiger partial charge in [0.2, 0.25) is 5.91 Å². The van der Waals surface area contributed by atoms with Crippen LogP contribution in [0.15, 0.2) is 48.8 Å². The van der Waals surface area contributed by atoms with Crippen LogP contribution in [-0.2, 0) is 27.3 Å². The summed E-state index contributed by atoms with van der Waals surface area (Å²) < 4.78 is 10.5. The molecule has 0 bridgehead atoms. The number of amides is 1. The molecule has 3 rings (SSSR count). The highest BCUT2D eigenvalue weighted by atomic mass is 16.5. The first-order valence-electron chi connectivity index (χ1n) is 9.43. The lowest BCUT2D eigenvalue weighted by atomic mass is 10.1. The molecular weight excluding hydrogens is 356 g/mol. The maximum atomic E-state index is 12.8. The first kappa shape index (κ1) is 19.6. The van der Waals surface area contributed by atoms with Crippen molar-refractivity contribution in [3.05, 3.63) is 65.5 Å². The summed E-state index contributed by atoms with van der Waals surface area (Å²) in [6.45, 7) is 3.47. The smallest absolute Gasteiger partial charge is 0.307 e. The van der Waals surface area contributed by atoms with Crippen molar-refractivity contribution >= 4 is 18.0 Å². The average molecular weight is 380 g/mol. The number of fused-ring (bicyclic) bond motifs is 1. The van der Waals surface area contributed by atoms with E-state index in [9.17, 15) is 9.59 Å². The van der Waals surface area contributed by atoms with E-state index >= 15 is 0 Å². The zero-order chi connectivity index (χ0) is 19.8. The molecule has 28 heavy (non-hydrogen) atoms. The molecule has 0 aliphatic carbocycles. The lowest BCUT2D eigenvalue weighted by Crippen LogP contribution is -2.31. The number of pyridine rings is 1. The van der Waals surface area contributed by atoms with Crippen LogP contribution >= 0.6 is 0 Å². The average Bonchev–Trinajstić information content (AvgIpc) is 3.18. The van der Waals surface area contributed by atoms with Crippen LogP contribution in [0, 0.1) is 0 Å². The third kappa shape index (κ3) is 5.42. The SMILES string of the molecule is CCOC(=O)CCN(Cc1cccnc1)C(=O)/C=C/c1ccc2c(c1)CCO2. The van der Waals surface area contributed by atoms with Crippen molar-refractivity contribution in [1.82, 2.24) is 9.88 Å². The van der Waals surface area contributed by atoms with Crippen LogP contribution in [0.25, 0.3) is 6.08 Å². The van der Waals surface area contributed by atoms with Gasteiger partial charge in [-0.15, -0.1) is 0 Å². The van der Waals surface area contributed by atoms with Gasteiger partial charge in [0.25, 0.3) is 0 Å². The standard InChI is InChI=1S/C22H24N2O4/c1-2-27-22(26)9-12-24(16-18-4-3-11-23-15-18)21(25)8-6-17-5-7-20-19(14-17)10-13-28-20/h3-8,11,14-15H,2,9-10,12-13,16H2,1H3/b8-6+. The van der Waals surface area contributed by atoms with E-state index in [0.717, 1.165) is 28.9 Å². The second-order valence-corrected chi connectivity index (χ2v) is 6.48. The number of hydrogen-bond donors (Lipinski definition) is 0. The molecule has 0 spiro atoms. The third-order valence-corrected chi connectivity index (χ3v) is 4.43. The van der Waals surface area contributed by atoms with Gasteiger partial charge in [-0.3, -0.25) is 14.6 Å². The van der Waals surface area contributed by atoms with Gasteiger partial charge in [-0.2, -0.15) is 0 Å². The molecule has 2 heterocycles. The molecule has 146 valence electrons. The molecule has 2 aromatic rings. The highest BCUT2D eigenvalue weighted by Gasteiger charge is 2.15. The van der Waals surface area contributed by atoms with Gasteiger partial charge in [-0.25, -0.2) is 0 Å². The predicted molar refractivity (Wildman–Crippen MR) is 106 cm³/mol. The van der Waals surface area contributed by atoms with E-state index < -0.39 is 0 Å². The molecule has 0 atom stereocenters. The Balaban J connectivity index is 1.68. The van der Waals surface area contributed by atoms with E-state index in [0.29, 0.717) is 19.8 Å². The van der Waals surface area contributed by atoms with E-state index in [1.807, 2.05) is 30.3 Å². The summed E-state index contributed by atoms with van der Waals surface area (Å²) in [5.41, 5.74) is 3.01. The van der Waals surface area contributed by atoms with Gasteiger partial charge in [-0.1, -0.05) is 12.1 Å². The fraction of sp³-hybridized carbons (Fsp3) is 0.318. The Hall–Kier alpha value is -3.15. The fourth-order valence-corrected chi connectivity index (χ4v) is 3.02. The Morgan fingerprint density at radius 1 is 1.32 bits per heavy atom. The third-order valence-electron chi connectivity index (χ3n) is 4.43. The Bertz CT molecular complexity index is 849. The molecule has 0 saturated carbocycles. The summed E-state index contributed by atoms with van der Waals surface area (Å²) in [7, 11) is 0. The van der Waals surface area contributed by atoms with Gasteiger partial charge in [0.15, 0.2) is 0 Å². The molecule has 6 nitrogen and oxygen atoms in total. The van der Waals surface area contributed by atoms with E-state index in [1.165, 1.54) is 0 Å². The van der Waals surface area contributed by atoms with E-state index in [1.54, 1.807) is 36.4 Å².